The summed E-state index contributed by atoms with van der Waals surface area (Å²) in [5.41, 5.74) is 0.844. The van der Waals surface area contributed by atoms with Gasteiger partial charge in [0.25, 0.3) is 0 Å². The molecule has 0 unspecified atom stereocenters. The Morgan fingerprint density at radius 1 is 1.22 bits per heavy atom. The molecule has 1 fully saturated rings. The minimum Gasteiger partial charge on any atom is -0.473 e. The number of halogens is 1. The van der Waals surface area contributed by atoms with Crippen molar-refractivity contribution in [1.29, 1.82) is 0 Å². The molecular formula is C16H17FN2O3S. The Hall–Kier alpha value is -1.99. The van der Waals surface area contributed by atoms with Gasteiger partial charge in [0, 0.05) is 18.3 Å². The van der Waals surface area contributed by atoms with Gasteiger partial charge < -0.3 is 4.74 Å². The van der Waals surface area contributed by atoms with E-state index in [1.807, 2.05) is 19.1 Å². The molecule has 2 heterocycles. The molecule has 1 aromatic heterocycles. The summed E-state index contributed by atoms with van der Waals surface area (Å²) in [6.45, 7) is 2.50. The summed E-state index contributed by atoms with van der Waals surface area (Å²) in [4.78, 5) is 4.35. The molecule has 1 saturated heterocycles. The molecule has 0 aliphatic carbocycles. The van der Waals surface area contributed by atoms with Crippen LogP contribution in [0.1, 0.15) is 12.1 Å². The van der Waals surface area contributed by atoms with E-state index in [1.54, 1.807) is 6.07 Å². The van der Waals surface area contributed by atoms with Crippen LogP contribution < -0.4 is 4.74 Å². The third-order valence-corrected chi connectivity index (χ3v) is 5.59. The number of hydrogen-bond donors (Lipinski definition) is 0. The molecule has 5 nitrogen and oxygen atoms in total. The lowest BCUT2D eigenvalue weighted by Gasteiger charge is -2.17. The molecule has 1 aliphatic heterocycles. The largest absolute Gasteiger partial charge is 0.473 e. The SMILES string of the molecule is Cc1cccc(O[C@H]2CCN(S(=O)(=O)c3ccc(F)cc3)C2)n1. The van der Waals surface area contributed by atoms with Gasteiger partial charge in [0.2, 0.25) is 15.9 Å². The molecule has 23 heavy (non-hydrogen) atoms. The third-order valence-electron chi connectivity index (χ3n) is 3.71. The van der Waals surface area contributed by atoms with Gasteiger partial charge in [-0.1, -0.05) is 6.07 Å². The Morgan fingerprint density at radius 3 is 2.65 bits per heavy atom. The number of hydrogen-bond acceptors (Lipinski definition) is 4. The van der Waals surface area contributed by atoms with E-state index in [2.05, 4.69) is 4.98 Å². The first kappa shape index (κ1) is 15.9. The van der Waals surface area contributed by atoms with Crippen LogP contribution in [0.3, 0.4) is 0 Å². The van der Waals surface area contributed by atoms with Gasteiger partial charge >= 0.3 is 0 Å². The molecule has 1 aliphatic rings. The number of sulfonamides is 1. The molecular weight excluding hydrogens is 319 g/mol. The lowest BCUT2D eigenvalue weighted by Crippen LogP contribution is -2.31. The monoisotopic (exact) mass is 336 g/mol. The van der Waals surface area contributed by atoms with Gasteiger partial charge in [0.05, 0.1) is 11.4 Å². The van der Waals surface area contributed by atoms with E-state index >= 15 is 0 Å². The van der Waals surface area contributed by atoms with E-state index < -0.39 is 15.8 Å². The van der Waals surface area contributed by atoms with Crippen molar-refractivity contribution in [2.75, 3.05) is 13.1 Å². The van der Waals surface area contributed by atoms with E-state index in [0.717, 1.165) is 17.8 Å². The van der Waals surface area contributed by atoms with Crippen molar-refractivity contribution in [3.8, 4) is 5.88 Å². The van der Waals surface area contributed by atoms with Crippen molar-refractivity contribution in [2.45, 2.75) is 24.3 Å². The molecule has 2 aromatic rings. The fourth-order valence-corrected chi connectivity index (χ4v) is 4.01. The highest BCUT2D eigenvalue weighted by molar-refractivity contribution is 7.89. The Morgan fingerprint density at radius 2 is 1.96 bits per heavy atom. The molecule has 0 bridgehead atoms. The molecule has 0 amide bonds. The zero-order valence-corrected chi connectivity index (χ0v) is 13.5. The number of ether oxygens (including phenoxy) is 1. The van der Waals surface area contributed by atoms with Crippen LogP contribution >= 0.6 is 0 Å². The molecule has 0 N–H and O–H groups in total. The second kappa shape index (κ2) is 6.25. The second-order valence-corrected chi connectivity index (χ2v) is 7.40. The Balaban J connectivity index is 1.70. The van der Waals surface area contributed by atoms with Crippen molar-refractivity contribution in [3.05, 3.63) is 54.0 Å². The van der Waals surface area contributed by atoms with Gasteiger partial charge in [-0.3, -0.25) is 0 Å². The van der Waals surface area contributed by atoms with Crippen LogP contribution in [0.4, 0.5) is 4.39 Å². The molecule has 1 atom stereocenters. The first-order chi connectivity index (χ1) is 10.9. The van der Waals surface area contributed by atoms with E-state index in [1.165, 1.54) is 16.4 Å². The van der Waals surface area contributed by atoms with Crippen molar-refractivity contribution in [3.63, 3.8) is 0 Å². The fraction of sp³-hybridized carbons (Fsp3) is 0.312. The van der Waals surface area contributed by atoms with Crippen LogP contribution in [0.25, 0.3) is 0 Å². The maximum Gasteiger partial charge on any atom is 0.243 e. The number of pyridine rings is 1. The first-order valence-corrected chi connectivity index (χ1v) is 8.75. The van der Waals surface area contributed by atoms with Crippen LogP contribution in [0, 0.1) is 12.7 Å². The second-order valence-electron chi connectivity index (χ2n) is 5.46. The minimum atomic E-state index is -3.62. The molecule has 0 radical (unpaired) electrons. The van der Waals surface area contributed by atoms with Crippen LogP contribution in [-0.2, 0) is 10.0 Å². The third kappa shape index (κ3) is 3.51. The van der Waals surface area contributed by atoms with Crippen molar-refractivity contribution < 1.29 is 17.5 Å². The summed E-state index contributed by atoms with van der Waals surface area (Å²) in [5.74, 6) is 0.0353. The maximum absolute atomic E-state index is 13.0. The van der Waals surface area contributed by atoms with Crippen LogP contribution in [0.2, 0.25) is 0 Å². The number of benzene rings is 1. The summed E-state index contributed by atoms with van der Waals surface area (Å²) in [7, 11) is -3.62. The van der Waals surface area contributed by atoms with Crippen LogP contribution in [0.5, 0.6) is 5.88 Å². The van der Waals surface area contributed by atoms with Gasteiger partial charge in [0.15, 0.2) is 0 Å². The molecule has 0 spiro atoms. The Kier molecular flexibility index (Phi) is 4.32. The zero-order chi connectivity index (χ0) is 16.4. The van der Waals surface area contributed by atoms with Crippen LogP contribution in [0.15, 0.2) is 47.4 Å². The lowest BCUT2D eigenvalue weighted by atomic mass is 10.3. The standard InChI is InChI=1S/C16H17FN2O3S/c1-12-3-2-4-16(18-12)22-14-9-10-19(11-14)23(20,21)15-7-5-13(17)6-8-15/h2-8,14H,9-11H2,1H3/t14-/m0/s1. The normalized spacial score (nSPS) is 19.0. The average molecular weight is 336 g/mol. The van der Waals surface area contributed by atoms with Crippen molar-refractivity contribution in [2.24, 2.45) is 0 Å². The summed E-state index contributed by atoms with van der Waals surface area (Å²) in [6, 6.07) is 10.3. The maximum atomic E-state index is 13.0. The smallest absolute Gasteiger partial charge is 0.243 e. The van der Waals surface area contributed by atoms with E-state index in [9.17, 15) is 12.8 Å². The number of aromatic nitrogens is 1. The molecule has 1 aromatic carbocycles. The molecule has 0 saturated carbocycles. The topological polar surface area (TPSA) is 59.5 Å². The summed E-state index contributed by atoms with van der Waals surface area (Å²) in [5, 5.41) is 0. The number of rotatable bonds is 4. The van der Waals surface area contributed by atoms with Gasteiger partial charge in [-0.25, -0.2) is 17.8 Å². The highest BCUT2D eigenvalue weighted by Gasteiger charge is 2.33. The zero-order valence-electron chi connectivity index (χ0n) is 12.6. The number of nitrogens with zero attached hydrogens (tertiary/aromatic N) is 2. The van der Waals surface area contributed by atoms with Gasteiger partial charge in [-0.05, 0) is 43.7 Å². The van der Waals surface area contributed by atoms with Crippen LogP contribution in [-0.4, -0.2) is 36.9 Å². The van der Waals surface area contributed by atoms with Crippen molar-refractivity contribution in [1.82, 2.24) is 9.29 Å². The van der Waals surface area contributed by atoms with Gasteiger partial charge in [-0.15, -0.1) is 0 Å². The predicted molar refractivity (Wildman–Crippen MR) is 83.2 cm³/mol. The van der Waals surface area contributed by atoms with Crippen molar-refractivity contribution >= 4 is 10.0 Å². The average Bonchev–Trinajstić information content (AvgIpc) is 2.97. The minimum absolute atomic E-state index is 0.0910. The van der Waals surface area contributed by atoms with Gasteiger partial charge in [-0.2, -0.15) is 4.31 Å². The highest BCUT2D eigenvalue weighted by Crippen LogP contribution is 2.23. The first-order valence-electron chi connectivity index (χ1n) is 7.31. The van der Waals surface area contributed by atoms with E-state index in [4.69, 9.17) is 4.74 Å². The fourth-order valence-electron chi connectivity index (χ4n) is 2.52. The molecule has 3 rings (SSSR count). The van der Waals surface area contributed by atoms with Gasteiger partial charge in [0.1, 0.15) is 11.9 Å². The molecule has 122 valence electrons. The number of aryl methyl sites for hydroxylation is 1. The summed E-state index contributed by atoms with van der Waals surface area (Å²) < 4.78 is 45.1. The quantitative estimate of drug-likeness (QED) is 0.860. The summed E-state index contributed by atoms with van der Waals surface area (Å²) in [6.07, 6.45) is 0.357. The Labute approximate surface area is 134 Å². The van der Waals surface area contributed by atoms with E-state index in [0.29, 0.717) is 18.8 Å². The molecule has 7 heteroatoms. The highest BCUT2D eigenvalue weighted by atomic mass is 32.2. The predicted octanol–water partition coefficient (Wildman–Crippen LogP) is 2.37. The lowest BCUT2D eigenvalue weighted by molar-refractivity contribution is 0.206. The summed E-state index contributed by atoms with van der Waals surface area (Å²) >= 11 is 0. The van der Waals surface area contributed by atoms with E-state index in [-0.39, 0.29) is 17.5 Å². The Bertz CT molecular complexity index is 793.